The number of aromatic hydroxyl groups is 1. The third-order valence-corrected chi connectivity index (χ3v) is 4.24. The van der Waals surface area contributed by atoms with Crippen molar-refractivity contribution in [3.05, 3.63) is 34.9 Å². The van der Waals surface area contributed by atoms with E-state index in [1.54, 1.807) is 0 Å². The van der Waals surface area contributed by atoms with Crippen LogP contribution in [0.4, 0.5) is 0 Å². The number of aryl methyl sites for hydroxylation is 1. The Morgan fingerprint density at radius 2 is 2.35 bits per heavy atom. The highest BCUT2D eigenvalue weighted by atomic mass is 16.5. The van der Waals surface area contributed by atoms with Crippen LogP contribution in [0.3, 0.4) is 0 Å². The lowest BCUT2D eigenvalue weighted by atomic mass is 9.68. The van der Waals surface area contributed by atoms with Gasteiger partial charge in [0.25, 0.3) is 0 Å². The fourth-order valence-corrected chi connectivity index (χ4v) is 3.11. The first kappa shape index (κ1) is 6.82. The second kappa shape index (κ2) is 6.22. The molecule has 23 heavy (non-hydrogen) atoms. The Hall–Kier alpha value is -1.44. The summed E-state index contributed by atoms with van der Waals surface area (Å²) in [6, 6.07) is 1.85. The van der Waals surface area contributed by atoms with Gasteiger partial charge in [-0.05, 0) is 63.9 Å². The Balaban J connectivity index is 2.49. The number of phenols is 1. The standard InChI is InChI=1S/C21H30O2/c1-5-6-7-8-15-12-18(22)20-16-11-14(2)9-10-17(16)21(3,4)23-19(20)13-15/h11-13,16-17,22H,5-10H2,1-4H3/t16-,17-/m1/s1/i2D3,3D3,4D3,10D2,11D,17D. The van der Waals surface area contributed by atoms with Crippen LogP contribution in [0.25, 0.3) is 0 Å². The monoisotopic (exact) mass is 327 g/mol. The van der Waals surface area contributed by atoms with Gasteiger partial charge in [-0.3, -0.25) is 0 Å². The SMILES string of the molecule is [2H]C1=C(C([2H])([2H])[2H])CC([2H])([2H])[C@]2([2H])[C@@H]1c1c(O)cc(CCCCC)cc1OC2(C([2H])([2H])[2H])C([2H])([2H])[2H]. The lowest BCUT2D eigenvalue weighted by Gasteiger charge is -2.46. The molecule has 126 valence electrons. The summed E-state index contributed by atoms with van der Waals surface area (Å²) in [5, 5.41) is 11.0. The predicted octanol–water partition coefficient (Wildman–Crippen LogP) is 5.74. The summed E-state index contributed by atoms with van der Waals surface area (Å²) in [7, 11) is 0. The number of rotatable bonds is 4. The van der Waals surface area contributed by atoms with E-state index in [-0.39, 0.29) is 5.56 Å². The molecule has 2 atom stereocenters. The summed E-state index contributed by atoms with van der Waals surface area (Å²) in [4.78, 5) is 0. The molecule has 1 aliphatic carbocycles. The topological polar surface area (TPSA) is 29.5 Å². The average Bonchev–Trinajstić information content (AvgIpc) is 2.68. The number of ether oxygens (including phenoxy) is 1. The number of allylic oxidation sites excluding steroid dienone is 2. The molecule has 0 fully saturated rings. The molecule has 2 heteroatoms. The molecule has 2 aliphatic rings. The molecule has 1 N–H and O–H groups in total. The molecule has 0 spiro atoms. The largest absolute Gasteiger partial charge is 0.507 e. The molecule has 1 aromatic carbocycles. The molecule has 0 radical (unpaired) electrons. The lowest BCUT2D eigenvalue weighted by Crippen LogP contribution is -2.45. The molecule has 0 saturated carbocycles. The molecule has 1 aromatic rings. The van der Waals surface area contributed by atoms with Crippen molar-refractivity contribution < 1.29 is 27.7 Å². The van der Waals surface area contributed by atoms with Crippen molar-refractivity contribution in [3.8, 4) is 11.5 Å². The number of benzene rings is 1. The van der Waals surface area contributed by atoms with Crippen molar-refractivity contribution in [2.75, 3.05) is 0 Å². The van der Waals surface area contributed by atoms with E-state index in [2.05, 4.69) is 0 Å². The first-order chi connectivity index (χ1) is 16.2. The summed E-state index contributed by atoms with van der Waals surface area (Å²) >= 11 is 0. The molecular weight excluding hydrogens is 284 g/mol. The number of fused-ring (bicyclic) bond motifs is 3. The maximum atomic E-state index is 11.0. The molecule has 0 aromatic heterocycles. The van der Waals surface area contributed by atoms with Gasteiger partial charge in [0, 0.05) is 33.8 Å². The van der Waals surface area contributed by atoms with E-state index in [4.69, 9.17) is 21.2 Å². The number of hydrogen-bond donors (Lipinski definition) is 1. The van der Waals surface area contributed by atoms with E-state index in [9.17, 15) is 6.48 Å². The van der Waals surface area contributed by atoms with Gasteiger partial charge in [0.15, 0.2) is 0 Å². The highest BCUT2D eigenvalue weighted by molar-refractivity contribution is 5.53. The van der Waals surface area contributed by atoms with Crippen molar-refractivity contribution >= 4 is 0 Å². The van der Waals surface area contributed by atoms with Gasteiger partial charge in [-0.25, -0.2) is 0 Å². The van der Waals surface area contributed by atoms with Crippen LogP contribution in [-0.2, 0) is 6.42 Å². The predicted molar refractivity (Wildman–Crippen MR) is 95.3 cm³/mol. The van der Waals surface area contributed by atoms with Gasteiger partial charge in [0.2, 0.25) is 0 Å². The molecule has 1 aliphatic heterocycles. The van der Waals surface area contributed by atoms with E-state index in [1.165, 1.54) is 12.1 Å². The minimum absolute atomic E-state index is 0.358. The number of unbranched alkanes of at least 4 members (excludes halogenated alkanes) is 2. The Morgan fingerprint density at radius 1 is 1.48 bits per heavy atom. The smallest absolute Gasteiger partial charge is 0.127 e. The average molecular weight is 328 g/mol. The lowest BCUT2D eigenvalue weighted by molar-refractivity contribution is 0.0107. The normalized spacial score (nSPS) is 40.9. The summed E-state index contributed by atoms with van der Waals surface area (Å²) in [5.41, 5.74) is -4.00. The second-order valence-corrected chi connectivity index (χ2v) is 6.09. The molecule has 2 nitrogen and oxygen atoms in total. The summed E-state index contributed by atoms with van der Waals surface area (Å²) < 4.78 is 114. The van der Waals surface area contributed by atoms with Crippen molar-refractivity contribution in [3.63, 3.8) is 0 Å². The van der Waals surface area contributed by atoms with Crippen molar-refractivity contribution in [2.24, 2.45) is 5.89 Å². The van der Waals surface area contributed by atoms with Gasteiger partial charge < -0.3 is 9.84 Å². The van der Waals surface area contributed by atoms with Crippen LogP contribution in [0.15, 0.2) is 23.8 Å². The quantitative estimate of drug-likeness (QED) is 0.565. The maximum Gasteiger partial charge on any atom is 0.127 e. The van der Waals surface area contributed by atoms with Gasteiger partial charge in [-0.15, -0.1) is 0 Å². The first-order valence-corrected chi connectivity index (χ1v) is 7.92. The van der Waals surface area contributed by atoms with Gasteiger partial charge in [-0.2, -0.15) is 0 Å². The summed E-state index contributed by atoms with van der Waals surface area (Å²) in [6.45, 7) is -8.18. The second-order valence-electron chi connectivity index (χ2n) is 6.09. The first-order valence-electron chi connectivity index (χ1n) is 14.4. The zero-order chi connectivity index (χ0) is 27.7. The minimum atomic E-state index is -3.60. The molecule has 0 bridgehead atoms. The number of phenolic OH excluding ortho intramolecular Hbond substituents is 1. The highest BCUT2D eigenvalue weighted by Gasteiger charge is 2.45. The highest BCUT2D eigenvalue weighted by Crippen LogP contribution is 2.53. The molecular formula is C21H30O2. The minimum Gasteiger partial charge on any atom is -0.507 e. The Bertz CT molecular complexity index is 1040. The third kappa shape index (κ3) is 3.13. The zero-order valence-corrected chi connectivity index (χ0v) is 13.1. The van der Waals surface area contributed by atoms with E-state index < -0.39 is 73.9 Å². The fourth-order valence-electron chi connectivity index (χ4n) is 3.11. The van der Waals surface area contributed by atoms with E-state index in [1.807, 2.05) is 6.92 Å². The summed E-state index contributed by atoms with van der Waals surface area (Å²) in [5.74, 6) is -6.21. The van der Waals surface area contributed by atoms with Crippen molar-refractivity contribution in [2.45, 2.75) is 77.5 Å². The Labute approximate surface area is 158 Å². The van der Waals surface area contributed by atoms with E-state index >= 15 is 0 Å². The Kier molecular flexibility index (Phi) is 1.84. The van der Waals surface area contributed by atoms with Gasteiger partial charge in [-0.1, -0.05) is 31.4 Å². The zero-order valence-electron chi connectivity index (χ0n) is 26.1. The molecule has 0 amide bonds. The van der Waals surface area contributed by atoms with Crippen LogP contribution >= 0.6 is 0 Å². The van der Waals surface area contributed by atoms with Crippen LogP contribution in [0.5, 0.6) is 11.5 Å². The third-order valence-electron chi connectivity index (χ3n) is 4.24. The van der Waals surface area contributed by atoms with Crippen molar-refractivity contribution in [1.82, 2.24) is 0 Å². The van der Waals surface area contributed by atoms with Crippen LogP contribution in [0.2, 0.25) is 0 Å². The van der Waals surface area contributed by atoms with Crippen molar-refractivity contribution in [1.29, 1.82) is 0 Å². The summed E-state index contributed by atoms with van der Waals surface area (Å²) in [6.07, 6.45) is -1.25. The van der Waals surface area contributed by atoms with Gasteiger partial charge in [0.1, 0.15) is 17.1 Å². The molecule has 0 saturated heterocycles. The maximum absolute atomic E-state index is 11.0. The number of hydrogen-bond acceptors (Lipinski definition) is 2. The Morgan fingerprint density at radius 3 is 3.09 bits per heavy atom. The fraction of sp³-hybridized carbons (Fsp3) is 0.619. The van der Waals surface area contributed by atoms with Crippen LogP contribution in [-0.4, -0.2) is 10.7 Å². The van der Waals surface area contributed by atoms with Crippen LogP contribution in [0.1, 0.15) is 94.4 Å². The van der Waals surface area contributed by atoms with Crippen LogP contribution < -0.4 is 4.74 Å². The van der Waals surface area contributed by atoms with Gasteiger partial charge in [0.05, 0.1) is 1.37 Å². The van der Waals surface area contributed by atoms with E-state index in [0.717, 1.165) is 12.8 Å². The van der Waals surface area contributed by atoms with Crippen LogP contribution in [0, 0.1) is 5.89 Å². The van der Waals surface area contributed by atoms with E-state index in [0.29, 0.717) is 18.4 Å². The molecule has 1 heterocycles. The molecule has 3 rings (SSSR count). The van der Waals surface area contributed by atoms with Gasteiger partial charge >= 0.3 is 0 Å². The molecule has 0 unspecified atom stereocenters.